The number of thioether (sulfide) groups is 1. The van der Waals surface area contributed by atoms with Crippen molar-refractivity contribution in [2.24, 2.45) is 5.92 Å². The number of amides is 1. The predicted molar refractivity (Wildman–Crippen MR) is 96.9 cm³/mol. The lowest BCUT2D eigenvalue weighted by Gasteiger charge is -2.30. The fourth-order valence-electron chi connectivity index (χ4n) is 2.97. The zero-order valence-corrected chi connectivity index (χ0v) is 15.1. The van der Waals surface area contributed by atoms with Crippen LogP contribution in [-0.2, 0) is 11.2 Å². The zero-order valence-electron chi connectivity index (χ0n) is 14.3. The third-order valence-electron chi connectivity index (χ3n) is 4.43. The van der Waals surface area contributed by atoms with Crippen molar-refractivity contribution < 1.29 is 4.79 Å². The molecule has 1 aromatic heterocycles. The van der Waals surface area contributed by atoms with Crippen LogP contribution in [0.2, 0.25) is 0 Å². The fraction of sp³-hybridized carbons (Fsp3) is 0.500. The van der Waals surface area contributed by atoms with Gasteiger partial charge in [0.05, 0.1) is 5.75 Å². The summed E-state index contributed by atoms with van der Waals surface area (Å²) in [6.07, 6.45) is 3.35. The Labute approximate surface area is 147 Å². The molecule has 1 aliphatic heterocycles. The van der Waals surface area contributed by atoms with Crippen LogP contribution in [-0.4, -0.2) is 44.8 Å². The molecule has 1 aliphatic rings. The molecule has 0 saturated carbocycles. The average molecular weight is 344 g/mol. The van der Waals surface area contributed by atoms with Gasteiger partial charge in [0, 0.05) is 18.7 Å². The minimum atomic E-state index is 0.185. The number of H-pyrrole nitrogens is 1. The average Bonchev–Trinajstić information content (AvgIpc) is 3.09. The van der Waals surface area contributed by atoms with Crippen LogP contribution in [0.1, 0.15) is 32.3 Å². The Balaban J connectivity index is 1.56. The summed E-state index contributed by atoms with van der Waals surface area (Å²) in [5.41, 5.74) is 2.32. The number of likely N-dealkylation sites (tertiary alicyclic amines) is 1. The second-order valence-corrected chi connectivity index (χ2v) is 7.34. The molecule has 0 radical (unpaired) electrons. The standard InChI is InChI=1S/C18H24N4OS/c1-3-14-6-8-15(9-7-14)17-19-18(21-20-17)24-12-16(23)22-10-4-5-13(2)11-22/h6-9,13H,3-5,10-12H2,1-2H3,(H,19,20,21). The first kappa shape index (κ1) is 17.0. The van der Waals surface area contributed by atoms with Crippen molar-refractivity contribution in [1.82, 2.24) is 20.1 Å². The molecule has 2 heterocycles. The second-order valence-electron chi connectivity index (χ2n) is 6.39. The SMILES string of the molecule is CCc1ccc(-c2nc(SCC(=O)N3CCCC(C)C3)n[nH]2)cc1. The van der Waals surface area contributed by atoms with E-state index >= 15 is 0 Å². The summed E-state index contributed by atoms with van der Waals surface area (Å²) >= 11 is 1.40. The van der Waals surface area contributed by atoms with Gasteiger partial charge in [0.15, 0.2) is 5.82 Å². The lowest BCUT2D eigenvalue weighted by atomic mass is 10.0. The van der Waals surface area contributed by atoms with Gasteiger partial charge in [-0.1, -0.05) is 49.9 Å². The van der Waals surface area contributed by atoms with E-state index in [4.69, 9.17) is 0 Å². The number of carbonyl (C=O) groups is 1. The Hall–Kier alpha value is -1.82. The molecule has 2 aromatic rings. The number of nitrogens with one attached hydrogen (secondary N) is 1. The van der Waals surface area contributed by atoms with Gasteiger partial charge in [0.25, 0.3) is 0 Å². The smallest absolute Gasteiger partial charge is 0.233 e. The van der Waals surface area contributed by atoms with Crippen LogP contribution >= 0.6 is 11.8 Å². The minimum Gasteiger partial charge on any atom is -0.342 e. The van der Waals surface area contributed by atoms with Crippen molar-refractivity contribution in [3.8, 4) is 11.4 Å². The highest BCUT2D eigenvalue weighted by atomic mass is 32.2. The molecule has 1 fully saturated rings. The van der Waals surface area contributed by atoms with Crippen LogP contribution in [0.5, 0.6) is 0 Å². The number of benzene rings is 1. The van der Waals surface area contributed by atoms with Gasteiger partial charge in [0.2, 0.25) is 11.1 Å². The molecule has 128 valence electrons. The Morgan fingerprint density at radius 2 is 2.17 bits per heavy atom. The summed E-state index contributed by atoms with van der Waals surface area (Å²) < 4.78 is 0. The Morgan fingerprint density at radius 1 is 1.38 bits per heavy atom. The third-order valence-corrected chi connectivity index (χ3v) is 5.27. The fourth-order valence-corrected chi connectivity index (χ4v) is 3.67. The first-order valence-corrected chi connectivity index (χ1v) is 9.56. The maximum Gasteiger partial charge on any atom is 0.233 e. The molecule has 6 heteroatoms. The molecule has 1 amide bonds. The number of carbonyl (C=O) groups excluding carboxylic acids is 1. The zero-order chi connectivity index (χ0) is 16.9. The van der Waals surface area contributed by atoms with Crippen molar-refractivity contribution >= 4 is 17.7 Å². The second kappa shape index (κ2) is 7.83. The number of aromatic amines is 1. The topological polar surface area (TPSA) is 61.9 Å². The number of piperidine rings is 1. The van der Waals surface area contributed by atoms with Gasteiger partial charge in [0.1, 0.15) is 0 Å². The molecule has 5 nitrogen and oxygen atoms in total. The van der Waals surface area contributed by atoms with E-state index in [-0.39, 0.29) is 5.91 Å². The highest BCUT2D eigenvalue weighted by molar-refractivity contribution is 7.99. The number of aryl methyl sites for hydroxylation is 1. The lowest BCUT2D eigenvalue weighted by Crippen LogP contribution is -2.40. The number of aromatic nitrogens is 3. The van der Waals surface area contributed by atoms with Crippen molar-refractivity contribution in [1.29, 1.82) is 0 Å². The summed E-state index contributed by atoms with van der Waals surface area (Å²) in [6, 6.07) is 8.31. The molecule has 1 aromatic carbocycles. The third kappa shape index (κ3) is 4.17. The van der Waals surface area contributed by atoms with E-state index < -0.39 is 0 Å². The molecule has 1 N–H and O–H groups in total. The summed E-state index contributed by atoms with van der Waals surface area (Å²) in [7, 11) is 0. The van der Waals surface area contributed by atoms with E-state index in [9.17, 15) is 4.79 Å². The normalized spacial score (nSPS) is 17.9. The van der Waals surface area contributed by atoms with E-state index in [2.05, 4.69) is 41.2 Å². The van der Waals surface area contributed by atoms with Gasteiger partial charge in [-0.15, -0.1) is 5.10 Å². The van der Waals surface area contributed by atoms with Gasteiger partial charge in [-0.3, -0.25) is 9.89 Å². The minimum absolute atomic E-state index is 0.185. The van der Waals surface area contributed by atoms with E-state index in [1.165, 1.54) is 23.7 Å². The molecule has 0 spiro atoms. The maximum atomic E-state index is 12.3. The Bertz CT molecular complexity index is 683. The van der Waals surface area contributed by atoms with E-state index in [0.717, 1.165) is 37.3 Å². The van der Waals surface area contributed by atoms with Crippen LogP contribution in [0.4, 0.5) is 0 Å². The van der Waals surface area contributed by atoms with Crippen molar-refractivity contribution in [2.75, 3.05) is 18.8 Å². The predicted octanol–water partition coefficient (Wildman–Crippen LogP) is 3.38. The molecule has 1 saturated heterocycles. The van der Waals surface area contributed by atoms with Crippen molar-refractivity contribution in [3.05, 3.63) is 29.8 Å². The number of hydrogen-bond acceptors (Lipinski definition) is 4. The number of hydrogen-bond donors (Lipinski definition) is 1. The van der Waals surface area contributed by atoms with Gasteiger partial charge >= 0.3 is 0 Å². The van der Waals surface area contributed by atoms with Crippen molar-refractivity contribution in [2.45, 2.75) is 38.3 Å². The summed E-state index contributed by atoms with van der Waals surface area (Å²) in [6.45, 7) is 6.10. The van der Waals surface area contributed by atoms with Crippen molar-refractivity contribution in [3.63, 3.8) is 0 Å². The maximum absolute atomic E-state index is 12.3. The molecule has 24 heavy (non-hydrogen) atoms. The monoisotopic (exact) mass is 344 g/mol. The van der Waals surface area contributed by atoms with Crippen LogP contribution in [0, 0.1) is 5.92 Å². The molecule has 0 bridgehead atoms. The molecular weight excluding hydrogens is 320 g/mol. The molecule has 0 aliphatic carbocycles. The van der Waals surface area contributed by atoms with Gasteiger partial charge in [-0.25, -0.2) is 4.98 Å². The molecule has 1 atom stereocenters. The van der Waals surface area contributed by atoms with E-state index in [1.807, 2.05) is 17.0 Å². The highest BCUT2D eigenvalue weighted by Gasteiger charge is 2.21. The van der Waals surface area contributed by atoms with Gasteiger partial charge < -0.3 is 4.90 Å². The number of rotatable bonds is 5. The van der Waals surface area contributed by atoms with Gasteiger partial charge in [-0.05, 0) is 30.7 Å². The summed E-state index contributed by atoms with van der Waals surface area (Å²) in [5, 5.41) is 7.81. The summed E-state index contributed by atoms with van der Waals surface area (Å²) in [4.78, 5) is 18.8. The van der Waals surface area contributed by atoms with E-state index in [0.29, 0.717) is 16.8 Å². The van der Waals surface area contributed by atoms with Gasteiger partial charge in [-0.2, -0.15) is 0 Å². The molecule has 3 rings (SSSR count). The Kier molecular flexibility index (Phi) is 5.56. The highest BCUT2D eigenvalue weighted by Crippen LogP contribution is 2.21. The van der Waals surface area contributed by atoms with Crippen LogP contribution in [0.3, 0.4) is 0 Å². The number of nitrogens with zero attached hydrogens (tertiary/aromatic N) is 3. The van der Waals surface area contributed by atoms with Crippen LogP contribution < -0.4 is 0 Å². The quantitative estimate of drug-likeness (QED) is 0.845. The first-order valence-electron chi connectivity index (χ1n) is 8.58. The molecule has 1 unspecified atom stereocenters. The largest absolute Gasteiger partial charge is 0.342 e. The first-order chi connectivity index (χ1) is 11.7. The van der Waals surface area contributed by atoms with E-state index in [1.54, 1.807) is 0 Å². The molecular formula is C18H24N4OS. The summed E-state index contributed by atoms with van der Waals surface area (Å²) in [5.74, 6) is 1.94. The van der Waals surface area contributed by atoms with Crippen LogP contribution in [0.25, 0.3) is 11.4 Å². The van der Waals surface area contributed by atoms with Crippen LogP contribution in [0.15, 0.2) is 29.4 Å². The lowest BCUT2D eigenvalue weighted by molar-refractivity contribution is -0.130. The Morgan fingerprint density at radius 3 is 2.88 bits per heavy atom.